The number of ether oxygens (including phenoxy) is 1. The van der Waals surface area contributed by atoms with E-state index in [1.807, 2.05) is 0 Å². The van der Waals surface area contributed by atoms with Crippen LogP contribution in [0.15, 0.2) is 12.2 Å². The average Bonchev–Trinajstić information content (AvgIpc) is 2.98. The Kier molecular flexibility index (Phi) is 15.3. The molecule has 2 aliphatic rings. The Morgan fingerprint density at radius 3 is 0.780 bits per heavy atom. The molecule has 0 spiro atoms. The first-order valence-electron chi connectivity index (χ1n) is 15.6. The molecular weight excluding hydrogens is 904 g/mol. The second-order valence-corrected chi connectivity index (χ2v) is 13.9. The summed E-state index contributed by atoms with van der Waals surface area (Å²) in [6.07, 6.45) is -69.9. The topological polar surface area (TPSA) is 131 Å². The highest BCUT2D eigenvalue weighted by Gasteiger charge is 2.80. The molecule has 0 aliphatic heterocycles. The molecule has 5 unspecified atom stereocenters. The van der Waals surface area contributed by atoms with Crippen LogP contribution >= 0.6 is 0 Å². The summed E-state index contributed by atoms with van der Waals surface area (Å²) in [5.41, 5.74) is -23.2. The smallest absolute Gasteiger partial charge is 0.393 e. The predicted octanol–water partition coefficient (Wildman–Crippen LogP) is 7.87. The Balaban J connectivity index is 0.000000599. The van der Waals surface area contributed by atoms with Crippen LogP contribution in [0.4, 0.5) is 105 Å². The van der Waals surface area contributed by atoms with E-state index in [0.717, 1.165) is 6.92 Å². The molecule has 0 aromatic rings. The molecule has 0 heterocycles. The number of hydrogen-bond acceptors (Lipinski definition) is 7. The summed E-state index contributed by atoms with van der Waals surface area (Å²) in [4.78, 5) is 0. The van der Waals surface area contributed by atoms with Gasteiger partial charge in [0.15, 0.2) is 6.29 Å². The minimum atomic E-state index is -6.57. The SMILES string of the molecule is C=C(C)C(O)OC1CC(C(O)(C(F)(F)F)C(F)(F)F)CC(C(O)(C(F)(F)F)C(F)(F)F)C1.OC1CC(C(O)(C(F)(F)F)C(F)(F)F)CC(C(O)(C(F)(F)F)C(F)(F)F)C1. The lowest BCUT2D eigenvalue weighted by atomic mass is 9.65. The van der Waals surface area contributed by atoms with E-state index >= 15 is 0 Å². The maximum atomic E-state index is 13.2. The minimum absolute atomic E-state index is 0.326. The highest BCUT2D eigenvalue weighted by Crippen LogP contribution is 2.60. The Morgan fingerprint density at radius 2 is 0.610 bits per heavy atom. The van der Waals surface area contributed by atoms with Crippen LogP contribution in [-0.2, 0) is 4.74 Å². The minimum Gasteiger partial charge on any atom is -0.393 e. The number of alkyl halides is 24. The van der Waals surface area contributed by atoms with Gasteiger partial charge < -0.3 is 35.4 Å². The molecule has 0 saturated heterocycles. The van der Waals surface area contributed by atoms with Gasteiger partial charge in [0.2, 0.25) is 0 Å². The van der Waals surface area contributed by atoms with E-state index in [4.69, 9.17) is 0 Å². The monoisotopic (exact) mass is 934 g/mol. The summed E-state index contributed by atoms with van der Waals surface area (Å²) in [5.74, 6) is -13.3. The van der Waals surface area contributed by atoms with Gasteiger partial charge in [0.05, 0.1) is 12.2 Å². The first-order chi connectivity index (χ1) is 25.5. The Morgan fingerprint density at radius 1 is 0.424 bits per heavy atom. The largest absolute Gasteiger partial charge is 0.426 e. The van der Waals surface area contributed by atoms with E-state index in [1.165, 1.54) is 0 Å². The second-order valence-electron chi connectivity index (χ2n) is 13.9. The lowest BCUT2D eigenvalue weighted by Crippen LogP contribution is -2.67. The second kappa shape index (κ2) is 16.5. The van der Waals surface area contributed by atoms with E-state index in [0.29, 0.717) is 0 Å². The van der Waals surface area contributed by atoms with Gasteiger partial charge in [-0.3, -0.25) is 0 Å². The molecule has 0 amide bonds. The van der Waals surface area contributed by atoms with Crippen molar-refractivity contribution in [2.75, 3.05) is 0 Å². The quantitative estimate of drug-likeness (QED) is 0.0872. The third-order valence-electron chi connectivity index (χ3n) is 9.91. The van der Waals surface area contributed by atoms with Crippen LogP contribution in [0.3, 0.4) is 0 Å². The Labute approximate surface area is 313 Å². The van der Waals surface area contributed by atoms with E-state index in [9.17, 15) is 136 Å². The van der Waals surface area contributed by atoms with Gasteiger partial charge in [0.25, 0.3) is 22.4 Å². The summed E-state index contributed by atoms with van der Waals surface area (Å²) in [6.45, 7) is 4.15. The molecule has 352 valence electrons. The van der Waals surface area contributed by atoms with Gasteiger partial charge in [-0.2, -0.15) is 105 Å². The van der Waals surface area contributed by atoms with Gasteiger partial charge in [-0.25, -0.2) is 0 Å². The molecule has 2 rings (SSSR count). The number of rotatable bonds is 7. The van der Waals surface area contributed by atoms with Gasteiger partial charge in [-0.1, -0.05) is 6.58 Å². The van der Waals surface area contributed by atoms with Gasteiger partial charge in [-0.05, 0) is 51.0 Å². The zero-order chi connectivity index (χ0) is 47.6. The van der Waals surface area contributed by atoms with Crippen molar-refractivity contribution < 1.29 is 141 Å². The van der Waals surface area contributed by atoms with Crippen LogP contribution in [0.1, 0.15) is 45.4 Å². The molecule has 0 aromatic carbocycles. The molecule has 0 aromatic heterocycles. The van der Waals surface area contributed by atoms with Gasteiger partial charge in [0.1, 0.15) is 0 Å². The Hall–Kier alpha value is -2.22. The fourth-order valence-corrected chi connectivity index (χ4v) is 6.82. The van der Waals surface area contributed by atoms with E-state index in [2.05, 4.69) is 11.3 Å². The van der Waals surface area contributed by atoms with Gasteiger partial charge in [-0.15, -0.1) is 0 Å². The molecule has 0 radical (unpaired) electrons. The van der Waals surface area contributed by atoms with Crippen LogP contribution < -0.4 is 0 Å². The zero-order valence-corrected chi connectivity index (χ0v) is 28.7. The van der Waals surface area contributed by atoms with Crippen molar-refractivity contribution in [2.45, 2.75) is 136 Å². The average molecular weight is 934 g/mol. The normalized spacial score (nSPS) is 26.2. The zero-order valence-electron chi connectivity index (χ0n) is 28.7. The number of halogens is 24. The molecule has 6 N–H and O–H groups in total. The number of aliphatic hydroxyl groups is 6. The molecule has 2 saturated carbocycles. The van der Waals surface area contributed by atoms with E-state index in [-0.39, 0.29) is 5.57 Å². The van der Waals surface area contributed by atoms with Crippen LogP contribution in [0.5, 0.6) is 0 Å². The predicted molar refractivity (Wildman–Crippen MR) is 142 cm³/mol. The van der Waals surface area contributed by atoms with E-state index in [1.54, 1.807) is 0 Å². The maximum absolute atomic E-state index is 13.2. The lowest BCUT2D eigenvalue weighted by molar-refractivity contribution is -0.407. The lowest BCUT2D eigenvalue weighted by Gasteiger charge is -2.48. The fraction of sp³-hybridized carbons (Fsp3) is 0.929. The molecule has 2 aliphatic carbocycles. The van der Waals surface area contributed by atoms with Crippen molar-refractivity contribution in [2.24, 2.45) is 23.7 Å². The fourth-order valence-electron chi connectivity index (χ4n) is 6.82. The van der Waals surface area contributed by atoms with E-state index < -0.39 is 153 Å². The third-order valence-corrected chi connectivity index (χ3v) is 9.91. The molecule has 59 heavy (non-hydrogen) atoms. The van der Waals surface area contributed by atoms with Crippen molar-refractivity contribution in [3.8, 4) is 0 Å². The molecular formula is C28H30F24O7. The summed E-state index contributed by atoms with van der Waals surface area (Å²) >= 11 is 0. The number of aliphatic hydroxyl groups excluding tert-OH is 2. The summed E-state index contributed by atoms with van der Waals surface area (Å²) < 4.78 is 317. The highest BCUT2D eigenvalue weighted by atomic mass is 19.4. The molecule has 2 fully saturated rings. The van der Waals surface area contributed by atoms with Gasteiger partial charge >= 0.3 is 49.4 Å². The Bertz CT molecular complexity index is 1270. The summed E-state index contributed by atoms with van der Waals surface area (Å²) in [7, 11) is 0. The summed E-state index contributed by atoms with van der Waals surface area (Å²) in [6, 6.07) is 0. The van der Waals surface area contributed by atoms with Crippen LogP contribution in [0, 0.1) is 23.7 Å². The first kappa shape index (κ1) is 54.8. The molecule has 7 nitrogen and oxygen atoms in total. The molecule has 0 bridgehead atoms. The van der Waals surface area contributed by atoms with Crippen molar-refractivity contribution in [3.63, 3.8) is 0 Å². The first-order valence-corrected chi connectivity index (χ1v) is 15.6. The van der Waals surface area contributed by atoms with Crippen molar-refractivity contribution in [1.29, 1.82) is 0 Å². The standard InChI is InChI=1S/C16H18F12O4.C12H12F12O3/c1-6(2)10(29)32-9-4-7(11(30,13(17,18)19)14(20,21)22)3-8(5-9)12(31,15(23,24)25)16(26,27)28;13-9(14,15)7(26,10(16,17)18)4-1-5(3-6(25)2-4)8(27,11(19,20)21)12(22,23)24/h7-10,29-31H,1,3-5H2,2H3;4-6,25-27H,1-3H2. The van der Waals surface area contributed by atoms with Gasteiger partial charge in [0, 0.05) is 23.7 Å². The van der Waals surface area contributed by atoms with Crippen LogP contribution in [-0.4, -0.2) is 121 Å². The maximum Gasteiger partial charge on any atom is 0.426 e. The molecule has 31 heteroatoms. The van der Waals surface area contributed by atoms with Crippen LogP contribution in [0.2, 0.25) is 0 Å². The molecule has 5 atom stereocenters. The number of hydrogen-bond donors (Lipinski definition) is 6. The van der Waals surface area contributed by atoms with Crippen molar-refractivity contribution in [1.82, 2.24) is 0 Å². The highest BCUT2D eigenvalue weighted by molar-refractivity contribution is 5.10. The van der Waals surface area contributed by atoms with Crippen molar-refractivity contribution >= 4 is 0 Å². The van der Waals surface area contributed by atoms with Crippen LogP contribution in [0.25, 0.3) is 0 Å². The third kappa shape index (κ3) is 10.2. The summed E-state index contributed by atoms with van der Waals surface area (Å²) in [5, 5.41) is 56.4. The van der Waals surface area contributed by atoms with Crippen molar-refractivity contribution in [3.05, 3.63) is 12.2 Å².